The zero-order chi connectivity index (χ0) is 14.3. The van der Waals surface area contributed by atoms with E-state index in [1.165, 1.54) is 4.88 Å². The summed E-state index contributed by atoms with van der Waals surface area (Å²) in [6.07, 6.45) is 0. The molecule has 4 nitrogen and oxygen atoms in total. The fourth-order valence-corrected chi connectivity index (χ4v) is 3.63. The van der Waals surface area contributed by atoms with Crippen LogP contribution in [0.2, 0.25) is 0 Å². The molecular formula is C14H11BrN2O2S. The summed E-state index contributed by atoms with van der Waals surface area (Å²) < 4.78 is 3.18. The third kappa shape index (κ3) is 2.25. The number of benzene rings is 1. The monoisotopic (exact) mass is 350 g/mol. The number of thiophene rings is 1. The van der Waals surface area contributed by atoms with Gasteiger partial charge in [0.1, 0.15) is 5.82 Å². The minimum atomic E-state index is -0.930. The second-order valence-corrected chi connectivity index (χ2v) is 6.30. The lowest BCUT2D eigenvalue weighted by Crippen LogP contribution is -2.01. The summed E-state index contributed by atoms with van der Waals surface area (Å²) in [5.74, 6) is -0.0528. The fraction of sp³-hybridized carbons (Fsp3) is 0.143. The molecule has 0 aliphatic rings. The summed E-state index contributed by atoms with van der Waals surface area (Å²) in [6, 6.07) is 7.08. The van der Waals surface area contributed by atoms with Crippen LogP contribution in [0.25, 0.3) is 11.0 Å². The van der Waals surface area contributed by atoms with Crippen molar-refractivity contribution in [2.24, 2.45) is 0 Å². The van der Waals surface area contributed by atoms with Gasteiger partial charge in [0.05, 0.1) is 23.1 Å². The van der Waals surface area contributed by atoms with E-state index >= 15 is 0 Å². The highest BCUT2D eigenvalue weighted by Crippen LogP contribution is 2.26. The normalized spacial score (nSPS) is 11.1. The first-order chi connectivity index (χ1) is 9.56. The van der Waals surface area contributed by atoms with Crippen LogP contribution in [-0.2, 0) is 6.54 Å². The minimum Gasteiger partial charge on any atom is -0.478 e. The van der Waals surface area contributed by atoms with Gasteiger partial charge in [0.15, 0.2) is 0 Å². The van der Waals surface area contributed by atoms with Gasteiger partial charge in [0.25, 0.3) is 0 Å². The molecule has 2 heterocycles. The number of fused-ring (bicyclic) bond motifs is 1. The number of aromatic nitrogens is 2. The second kappa shape index (κ2) is 5.03. The Bertz CT molecular complexity index is 807. The molecule has 0 aliphatic carbocycles. The molecule has 0 unspecified atom stereocenters. The Morgan fingerprint density at radius 1 is 1.45 bits per heavy atom. The maximum absolute atomic E-state index is 11.0. The van der Waals surface area contributed by atoms with E-state index < -0.39 is 5.97 Å². The first-order valence-electron chi connectivity index (χ1n) is 5.98. The van der Waals surface area contributed by atoms with E-state index in [4.69, 9.17) is 5.11 Å². The summed E-state index contributed by atoms with van der Waals surface area (Å²) in [6.45, 7) is 2.66. The van der Waals surface area contributed by atoms with E-state index in [9.17, 15) is 4.79 Å². The molecule has 0 spiro atoms. The van der Waals surface area contributed by atoms with Gasteiger partial charge in [0, 0.05) is 9.35 Å². The number of halogens is 1. The zero-order valence-electron chi connectivity index (χ0n) is 10.6. The quantitative estimate of drug-likeness (QED) is 0.778. The van der Waals surface area contributed by atoms with Crippen LogP contribution in [0.1, 0.15) is 21.1 Å². The zero-order valence-corrected chi connectivity index (χ0v) is 13.0. The lowest BCUT2D eigenvalue weighted by Gasteiger charge is -2.06. The van der Waals surface area contributed by atoms with Crippen molar-refractivity contribution < 1.29 is 9.90 Å². The molecule has 0 saturated carbocycles. The maximum atomic E-state index is 11.0. The number of hydrogen-bond acceptors (Lipinski definition) is 3. The van der Waals surface area contributed by atoms with Crippen LogP contribution >= 0.6 is 27.3 Å². The Morgan fingerprint density at radius 3 is 2.90 bits per heavy atom. The summed E-state index contributed by atoms with van der Waals surface area (Å²) in [5, 5.41) is 11.1. The highest BCUT2D eigenvalue weighted by molar-refractivity contribution is 9.10. The molecule has 1 N–H and O–H groups in total. The molecule has 0 radical (unpaired) electrons. The molecule has 0 atom stereocenters. The molecule has 0 saturated heterocycles. The summed E-state index contributed by atoms with van der Waals surface area (Å²) in [5.41, 5.74) is 1.93. The van der Waals surface area contributed by atoms with Gasteiger partial charge >= 0.3 is 5.97 Å². The molecule has 3 aromatic rings. The second-order valence-electron chi connectivity index (χ2n) is 4.45. The first kappa shape index (κ1) is 13.3. The molecule has 2 aromatic heterocycles. The van der Waals surface area contributed by atoms with Gasteiger partial charge in [-0.05, 0) is 52.5 Å². The van der Waals surface area contributed by atoms with Gasteiger partial charge in [-0.3, -0.25) is 0 Å². The Labute approximate surface area is 127 Å². The summed E-state index contributed by atoms with van der Waals surface area (Å²) in [4.78, 5) is 16.7. The van der Waals surface area contributed by atoms with Gasteiger partial charge < -0.3 is 9.67 Å². The molecule has 0 aliphatic heterocycles. The molecule has 0 fully saturated rings. The molecule has 0 amide bonds. The molecule has 102 valence electrons. The van der Waals surface area contributed by atoms with Gasteiger partial charge in [-0.2, -0.15) is 0 Å². The van der Waals surface area contributed by atoms with Gasteiger partial charge in [0.2, 0.25) is 0 Å². The van der Waals surface area contributed by atoms with E-state index in [-0.39, 0.29) is 5.56 Å². The van der Waals surface area contributed by atoms with Crippen LogP contribution < -0.4 is 0 Å². The Morgan fingerprint density at radius 2 is 2.25 bits per heavy atom. The third-order valence-electron chi connectivity index (χ3n) is 3.18. The molecule has 6 heteroatoms. The van der Waals surface area contributed by atoms with E-state index in [2.05, 4.69) is 25.5 Å². The van der Waals surface area contributed by atoms with Crippen LogP contribution in [0.5, 0.6) is 0 Å². The van der Waals surface area contributed by atoms with E-state index in [1.54, 1.807) is 23.5 Å². The molecular weight excluding hydrogens is 340 g/mol. The highest BCUT2D eigenvalue weighted by Gasteiger charge is 2.12. The number of carboxylic acid groups (broad SMARTS) is 1. The largest absolute Gasteiger partial charge is 0.478 e. The maximum Gasteiger partial charge on any atom is 0.335 e. The highest BCUT2D eigenvalue weighted by atomic mass is 79.9. The fourth-order valence-electron chi connectivity index (χ4n) is 2.16. The van der Waals surface area contributed by atoms with Crippen molar-refractivity contribution in [2.75, 3.05) is 0 Å². The van der Waals surface area contributed by atoms with Crippen LogP contribution in [0.4, 0.5) is 0 Å². The van der Waals surface area contributed by atoms with Crippen molar-refractivity contribution in [3.05, 3.63) is 50.4 Å². The number of hydrogen-bond donors (Lipinski definition) is 1. The SMILES string of the molecule is Cc1nc2cc(C(=O)O)ccc2n1Cc1sccc1Br. The predicted molar refractivity (Wildman–Crippen MR) is 82.6 cm³/mol. The molecule has 20 heavy (non-hydrogen) atoms. The van der Waals surface area contributed by atoms with Crippen molar-refractivity contribution in [3.8, 4) is 0 Å². The van der Waals surface area contributed by atoms with E-state index in [0.29, 0.717) is 0 Å². The predicted octanol–water partition coefficient (Wildman–Crippen LogP) is 3.92. The van der Waals surface area contributed by atoms with E-state index in [0.717, 1.165) is 27.9 Å². The smallest absolute Gasteiger partial charge is 0.335 e. The number of carbonyl (C=O) groups is 1. The van der Waals surface area contributed by atoms with Crippen molar-refractivity contribution in [1.29, 1.82) is 0 Å². The average molecular weight is 351 g/mol. The van der Waals surface area contributed by atoms with Gasteiger partial charge in [-0.25, -0.2) is 9.78 Å². The number of aryl methyl sites for hydroxylation is 1. The van der Waals surface area contributed by atoms with E-state index in [1.807, 2.05) is 24.4 Å². The van der Waals surface area contributed by atoms with Crippen LogP contribution in [0, 0.1) is 6.92 Å². The summed E-state index contributed by atoms with van der Waals surface area (Å²) in [7, 11) is 0. The standard InChI is InChI=1S/C14H11BrN2O2S/c1-8-16-11-6-9(14(18)19)2-3-12(11)17(8)7-13-10(15)4-5-20-13/h2-6H,7H2,1H3,(H,18,19). The van der Waals surface area contributed by atoms with Crippen molar-refractivity contribution >= 4 is 44.3 Å². The molecule has 1 aromatic carbocycles. The minimum absolute atomic E-state index is 0.263. The van der Waals surface area contributed by atoms with Crippen molar-refractivity contribution in [1.82, 2.24) is 9.55 Å². The molecule has 3 rings (SSSR count). The Kier molecular flexibility index (Phi) is 3.35. The Hall–Kier alpha value is -1.66. The Balaban J connectivity index is 2.09. The van der Waals surface area contributed by atoms with Crippen LogP contribution in [0.3, 0.4) is 0 Å². The number of imidazole rings is 1. The van der Waals surface area contributed by atoms with Crippen LogP contribution in [-0.4, -0.2) is 20.6 Å². The number of aromatic carboxylic acids is 1. The lowest BCUT2D eigenvalue weighted by molar-refractivity contribution is 0.0697. The van der Waals surface area contributed by atoms with Gasteiger partial charge in [-0.15, -0.1) is 11.3 Å². The van der Waals surface area contributed by atoms with Crippen molar-refractivity contribution in [2.45, 2.75) is 13.5 Å². The third-order valence-corrected chi connectivity index (χ3v) is 5.09. The average Bonchev–Trinajstić information content (AvgIpc) is 2.94. The number of carboxylic acids is 1. The topological polar surface area (TPSA) is 55.1 Å². The van der Waals surface area contributed by atoms with Crippen LogP contribution in [0.15, 0.2) is 34.1 Å². The molecule has 0 bridgehead atoms. The number of rotatable bonds is 3. The first-order valence-corrected chi connectivity index (χ1v) is 7.65. The number of nitrogens with zero attached hydrogens (tertiary/aromatic N) is 2. The summed E-state index contributed by atoms with van der Waals surface area (Å²) >= 11 is 5.21. The van der Waals surface area contributed by atoms with Gasteiger partial charge in [-0.1, -0.05) is 0 Å². The van der Waals surface area contributed by atoms with Crippen molar-refractivity contribution in [3.63, 3.8) is 0 Å². The lowest BCUT2D eigenvalue weighted by atomic mass is 10.2.